The molecule has 19 heavy (non-hydrogen) atoms. The lowest BCUT2D eigenvalue weighted by atomic mass is 10.0. The fraction of sp³-hybridized carbons (Fsp3) is 0.600. The lowest BCUT2D eigenvalue weighted by Gasteiger charge is -2.30. The average molecular weight is 287 g/mol. The van der Waals surface area contributed by atoms with Gasteiger partial charge in [0.2, 0.25) is 16.0 Å². The monoisotopic (exact) mass is 287 g/mol. The maximum atomic E-state index is 12.4. The second-order valence-electron chi connectivity index (χ2n) is 4.44. The Morgan fingerprint density at radius 1 is 1.47 bits per heavy atom. The van der Waals surface area contributed by atoms with E-state index in [1.54, 1.807) is 0 Å². The van der Waals surface area contributed by atoms with Gasteiger partial charge >= 0.3 is 0 Å². The van der Waals surface area contributed by atoms with Gasteiger partial charge < -0.3 is 5.11 Å². The number of hydrogen-bond acceptors (Lipinski definition) is 7. The minimum absolute atomic E-state index is 0.00144. The van der Waals surface area contributed by atoms with Crippen LogP contribution in [0.25, 0.3) is 0 Å². The summed E-state index contributed by atoms with van der Waals surface area (Å²) in [7, 11) is -3.60. The Labute approximate surface area is 111 Å². The van der Waals surface area contributed by atoms with Gasteiger partial charge in [-0.05, 0) is 18.8 Å². The van der Waals surface area contributed by atoms with Crippen molar-refractivity contribution in [2.24, 2.45) is 11.8 Å². The van der Waals surface area contributed by atoms with Gasteiger partial charge in [-0.2, -0.15) is 4.31 Å². The molecule has 0 saturated carbocycles. The van der Waals surface area contributed by atoms with Crippen molar-refractivity contribution in [2.45, 2.75) is 17.7 Å². The number of nitrogens with two attached hydrogens (primary N) is 1. The second kappa shape index (κ2) is 5.78. The molecule has 2 heterocycles. The Kier molecular flexibility index (Phi) is 4.30. The fourth-order valence-electron chi connectivity index (χ4n) is 2.07. The van der Waals surface area contributed by atoms with E-state index in [0.29, 0.717) is 13.1 Å². The molecule has 2 rings (SSSR count). The van der Waals surface area contributed by atoms with Crippen LogP contribution in [0.15, 0.2) is 17.3 Å². The normalized spacial score (nSPS) is 21.3. The Bertz CT molecular complexity index is 518. The number of rotatable bonds is 4. The van der Waals surface area contributed by atoms with Crippen molar-refractivity contribution in [1.82, 2.24) is 14.3 Å². The summed E-state index contributed by atoms with van der Waals surface area (Å²) >= 11 is 0. The molecule has 4 N–H and O–H groups in total. The molecule has 1 aliphatic heterocycles. The molecule has 1 aromatic heterocycles. The van der Waals surface area contributed by atoms with Crippen molar-refractivity contribution in [3.05, 3.63) is 12.4 Å². The molecule has 1 aliphatic rings. The number of hydrogen-bond donors (Lipinski definition) is 3. The Hall–Kier alpha value is -1.29. The molecule has 0 aliphatic carbocycles. The molecule has 1 atom stereocenters. The van der Waals surface area contributed by atoms with Gasteiger partial charge in [0.25, 0.3) is 0 Å². The van der Waals surface area contributed by atoms with Crippen LogP contribution >= 0.6 is 0 Å². The third-order valence-electron chi connectivity index (χ3n) is 3.13. The molecule has 0 amide bonds. The number of nitrogen functional groups attached to an aromatic ring is 1. The summed E-state index contributed by atoms with van der Waals surface area (Å²) in [5, 5.41) is 9.15. The summed E-state index contributed by atoms with van der Waals surface area (Å²) in [6, 6.07) is 0. The lowest BCUT2D eigenvalue weighted by Crippen LogP contribution is -2.40. The molecule has 1 unspecified atom stereocenters. The standard InChI is InChI=1S/C10H17N5O3S/c11-14-10-12-4-9(5-13-10)19(17,18)15-3-1-2-8(6-15)7-16/h4-5,8,16H,1-3,6-7,11H2,(H,12,13,14). The number of hydrazine groups is 1. The van der Waals surface area contributed by atoms with Crippen molar-refractivity contribution in [3.63, 3.8) is 0 Å². The van der Waals surface area contributed by atoms with E-state index < -0.39 is 10.0 Å². The Morgan fingerprint density at radius 2 is 2.16 bits per heavy atom. The number of sulfonamides is 1. The zero-order valence-corrected chi connectivity index (χ0v) is 11.2. The third kappa shape index (κ3) is 3.00. The predicted molar refractivity (Wildman–Crippen MR) is 68.4 cm³/mol. The summed E-state index contributed by atoms with van der Waals surface area (Å²) in [5.41, 5.74) is 2.24. The van der Waals surface area contributed by atoms with Gasteiger partial charge in [-0.25, -0.2) is 24.2 Å². The first-order valence-electron chi connectivity index (χ1n) is 5.97. The van der Waals surface area contributed by atoms with Crippen molar-refractivity contribution in [1.29, 1.82) is 0 Å². The molecule has 0 bridgehead atoms. The van der Waals surface area contributed by atoms with E-state index in [0.717, 1.165) is 12.8 Å². The maximum Gasteiger partial charge on any atom is 0.246 e. The van der Waals surface area contributed by atoms with E-state index in [1.807, 2.05) is 0 Å². The van der Waals surface area contributed by atoms with E-state index in [9.17, 15) is 8.42 Å². The average Bonchev–Trinajstić information content (AvgIpc) is 2.47. The summed E-state index contributed by atoms with van der Waals surface area (Å²) in [6.07, 6.45) is 4.03. The number of aliphatic hydroxyl groups excluding tert-OH is 1. The quantitative estimate of drug-likeness (QED) is 0.487. The first-order valence-corrected chi connectivity index (χ1v) is 7.41. The van der Waals surface area contributed by atoms with Gasteiger partial charge in [0.1, 0.15) is 4.90 Å². The van der Waals surface area contributed by atoms with Crippen LogP contribution in [-0.2, 0) is 10.0 Å². The minimum Gasteiger partial charge on any atom is -0.396 e. The summed E-state index contributed by atoms with van der Waals surface area (Å²) in [4.78, 5) is 7.62. The molecular weight excluding hydrogens is 270 g/mol. The van der Waals surface area contributed by atoms with Crippen molar-refractivity contribution < 1.29 is 13.5 Å². The number of nitrogens with one attached hydrogen (secondary N) is 1. The highest BCUT2D eigenvalue weighted by Gasteiger charge is 2.30. The van der Waals surface area contributed by atoms with Gasteiger partial charge in [0, 0.05) is 19.7 Å². The van der Waals surface area contributed by atoms with Crippen molar-refractivity contribution >= 4 is 16.0 Å². The van der Waals surface area contributed by atoms with Crippen LogP contribution in [0.1, 0.15) is 12.8 Å². The molecule has 0 radical (unpaired) electrons. The first kappa shape index (κ1) is 14.1. The molecule has 9 heteroatoms. The number of nitrogens with zero attached hydrogens (tertiary/aromatic N) is 3. The molecule has 1 fully saturated rings. The van der Waals surface area contributed by atoms with Crippen LogP contribution in [-0.4, -0.2) is 47.5 Å². The van der Waals surface area contributed by atoms with E-state index in [-0.39, 0.29) is 23.4 Å². The second-order valence-corrected chi connectivity index (χ2v) is 6.38. The summed E-state index contributed by atoms with van der Waals surface area (Å²) in [6.45, 7) is 0.782. The zero-order valence-electron chi connectivity index (χ0n) is 10.4. The van der Waals surface area contributed by atoms with Crippen LogP contribution in [0.4, 0.5) is 5.95 Å². The molecule has 1 saturated heterocycles. The zero-order chi connectivity index (χ0) is 13.9. The van der Waals surface area contributed by atoms with Crippen LogP contribution < -0.4 is 11.3 Å². The van der Waals surface area contributed by atoms with Crippen LogP contribution in [0, 0.1) is 5.92 Å². The largest absolute Gasteiger partial charge is 0.396 e. The van der Waals surface area contributed by atoms with E-state index in [4.69, 9.17) is 10.9 Å². The topological polar surface area (TPSA) is 121 Å². The molecule has 0 spiro atoms. The number of aromatic nitrogens is 2. The van der Waals surface area contributed by atoms with E-state index in [1.165, 1.54) is 16.7 Å². The molecular formula is C10H17N5O3S. The molecule has 106 valence electrons. The first-order chi connectivity index (χ1) is 9.07. The summed E-state index contributed by atoms with van der Waals surface area (Å²) < 4.78 is 26.1. The van der Waals surface area contributed by atoms with Crippen molar-refractivity contribution in [3.8, 4) is 0 Å². The Balaban J connectivity index is 2.20. The third-order valence-corrected chi connectivity index (χ3v) is 4.95. The van der Waals surface area contributed by atoms with Gasteiger partial charge in [-0.15, -0.1) is 0 Å². The molecule has 8 nitrogen and oxygen atoms in total. The van der Waals surface area contributed by atoms with Crippen LogP contribution in [0.3, 0.4) is 0 Å². The summed E-state index contributed by atoms with van der Waals surface area (Å²) in [5.74, 6) is 5.28. The fourth-order valence-corrected chi connectivity index (χ4v) is 3.51. The number of piperidine rings is 1. The number of anilines is 1. The van der Waals surface area contributed by atoms with Crippen LogP contribution in [0.5, 0.6) is 0 Å². The number of aliphatic hydroxyl groups is 1. The smallest absolute Gasteiger partial charge is 0.246 e. The highest BCUT2D eigenvalue weighted by molar-refractivity contribution is 7.89. The minimum atomic E-state index is -3.60. The highest BCUT2D eigenvalue weighted by Crippen LogP contribution is 2.22. The van der Waals surface area contributed by atoms with Gasteiger partial charge in [-0.3, -0.25) is 5.43 Å². The SMILES string of the molecule is NNc1ncc(S(=O)(=O)N2CCCC(CO)C2)cn1. The van der Waals surface area contributed by atoms with E-state index >= 15 is 0 Å². The van der Waals surface area contributed by atoms with Gasteiger partial charge in [0.05, 0.1) is 12.4 Å². The van der Waals surface area contributed by atoms with Crippen LogP contribution in [0.2, 0.25) is 0 Å². The van der Waals surface area contributed by atoms with E-state index in [2.05, 4.69) is 15.4 Å². The molecule has 1 aromatic rings. The van der Waals surface area contributed by atoms with Gasteiger partial charge in [0.15, 0.2) is 0 Å². The predicted octanol–water partition coefficient (Wildman–Crippen LogP) is -0.845. The maximum absolute atomic E-state index is 12.4. The Morgan fingerprint density at radius 3 is 2.74 bits per heavy atom. The van der Waals surface area contributed by atoms with Gasteiger partial charge in [-0.1, -0.05) is 0 Å². The van der Waals surface area contributed by atoms with Crippen molar-refractivity contribution in [2.75, 3.05) is 25.1 Å². The highest BCUT2D eigenvalue weighted by atomic mass is 32.2. The lowest BCUT2D eigenvalue weighted by molar-refractivity contribution is 0.165. The molecule has 0 aromatic carbocycles.